The molecule has 8 bridgehead atoms. The van der Waals surface area contributed by atoms with Crippen LogP contribution in [-0.2, 0) is 0 Å². The molecule has 0 saturated carbocycles. The van der Waals surface area contributed by atoms with Gasteiger partial charge in [0.1, 0.15) is 0 Å². The molecule has 9 rings (SSSR count). The molecule has 0 saturated heterocycles. The van der Waals surface area contributed by atoms with Gasteiger partial charge in [-0.25, -0.2) is 9.97 Å². The van der Waals surface area contributed by atoms with Crippen LogP contribution in [0.4, 0.5) is 22.7 Å². The van der Waals surface area contributed by atoms with Crippen LogP contribution in [0.15, 0.2) is 109 Å². The van der Waals surface area contributed by atoms with E-state index in [0.29, 0.717) is 0 Å². The summed E-state index contributed by atoms with van der Waals surface area (Å²) in [6, 6.07) is 38.7. The highest BCUT2D eigenvalue weighted by Crippen LogP contribution is 2.49. The van der Waals surface area contributed by atoms with Gasteiger partial charge in [0.25, 0.3) is 0 Å². The number of halogens is 4. The van der Waals surface area contributed by atoms with Gasteiger partial charge in [-0.15, -0.1) is 0 Å². The van der Waals surface area contributed by atoms with Crippen LogP contribution in [0.1, 0.15) is 22.8 Å². The lowest BCUT2D eigenvalue weighted by Crippen LogP contribution is -1.92. The van der Waals surface area contributed by atoms with Crippen molar-refractivity contribution >= 4 is 154 Å². The summed E-state index contributed by atoms with van der Waals surface area (Å²) in [4.78, 5) is 19.1. The number of anilines is 4. The van der Waals surface area contributed by atoms with Crippen molar-refractivity contribution in [3.63, 3.8) is 0 Å². The minimum atomic E-state index is 0.873. The number of benzene rings is 4. The number of aromatic nitrogens is 4. The van der Waals surface area contributed by atoms with Crippen LogP contribution < -0.4 is 21.3 Å². The molecule has 0 fully saturated rings. The lowest BCUT2D eigenvalue weighted by atomic mass is 10.0. The van der Waals surface area contributed by atoms with Crippen LogP contribution in [0.25, 0.3) is 85.9 Å². The summed E-state index contributed by atoms with van der Waals surface area (Å²) in [7, 11) is 7.78. The van der Waals surface area contributed by atoms with E-state index < -0.39 is 0 Å². The van der Waals surface area contributed by atoms with Crippen LogP contribution in [0.5, 0.6) is 0 Å². The van der Waals surface area contributed by atoms with Gasteiger partial charge in [0, 0.05) is 84.2 Å². The highest BCUT2D eigenvalue weighted by Gasteiger charge is 2.27. The van der Waals surface area contributed by atoms with Gasteiger partial charge in [0.15, 0.2) is 0 Å². The van der Waals surface area contributed by atoms with Crippen molar-refractivity contribution in [2.45, 2.75) is 0 Å². The number of rotatable bonds is 8. The Kier molecular flexibility index (Phi) is 11.7. The molecule has 0 radical (unpaired) electrons. The molecular formula is C48H38I4N8. The second-order valence-corrected chi connectivity index (χ2v) is 18.6. The SMILES string of the molecule is CNc1ccc(-c2c3nc(c(-c4ccc(NC)cc4)c4[nH]c(c(I)c4I)c(-c4ccc(NC)cc4)c4nc(c(-c5ccc(NC)cc5)c5ccc2[nH]5)C(I)=C4I)C=C3)cc1. The third-order valence-electron chi connectivity index (χ3n) is 10.9. The molecule has 5 heterocycles. The van der Waals surface area contributed by atoms with Gasteiger partial charge in [-0.05, 0) is 185 Å². The van der Waals surface area contributed by atoms with Gasteiger partial charge in [-0.2, -0.15) is 0 Å². The van der Waals surface area contributed by atoms with Gasteiger partial charge in [0.05, 0.1) is 48.1 Å². The fraction of sp³-hybridized carbons (Fsp3) is 0.0833. The predicted molar refractivity (Wildman–Crippen MR) is 290 cm³/mol. The van der Waals surface area contributed by atoms with E-state index >= 15 is 0 Å². The molecule has 0 atom stereocenters. The summed E-state index contributed by atoms with van der Waals surface area (Å²) in [5.74, 6) is 0. The number of H-pyrrole nitrogens is 2. The monoisotopic (exact) mass is 1230 g/mol. The second-order valence-electron chi connectivity index (χ2n) is 14.3. The second kappa shape index (κ2) is 17.2. The average Bonchev–Trinajstić information content (AvgIpc) is 4.09. The number of nitrogens with one attached hydrogen (secondary N) is 6. The van der Waals surface area contributed by atoms with E-state index in [1.807, 2.05) is 28.2 Å². The van der Waals surface area contributed by atoms with Crippen LogP contribution in [0.2, 0.25) is 0 Å². The Morgan fingerprint density at radius 1 is 0.383 bits per heavy atom. The molecule has 2 aliphatic heterocycles. The molecule has 4 aromatic carbocycles. The highest BCUT2D eigenvalue weighted by atomic mass is 127. The van der Waals surface area contributed by atoms with E-state index in [1.165, 1.54) is 0 Å². The third kappa shape index (κ3) is 7.40. The van der Waals surface area contributed by atoms with Crippen molar-refractivity contribution in [3.8, 4) is 44.5 Å². The Hall–Kier alpha value is -4.40. The molecule has 0 unspecified atom stereocenters. The average molecular weight is 1230 g/mol. The van der Waals surface area contributed by atoms with Gasteiger partial charge in [0.2, 0.25) is 0 Å². The number of hydrogen-bond donors (Lipinski definition) is 6. The Balaban J connectivity index is 1.51. The Labute approximate surface area is 403 Å². The molecule has 298 valence electrons. The quantitative estimate of drug-likeness (QED) is 0.0847. The van der Waals surface area contributed by atoms with Crippen molar-refractivity contribution < 1.29 is 0 Å². The first-order valence-electron chi connectivity index (χ1n) is 19.3. The molecule has 3 aromatic heterocycles. The molecule has 60 heavy (non-hydrogen) atoms. The summed E-state index contributed by atoms with van der Waals surface area (Å²) in [5.41, 5.74) is 20.0. The molecule has 0 spiro atoms. The van der Waals surface area contributed by atoms with Gasteiger partial charge >= 0.3 is 0 Å². The first-order valence-corrected chi connectivity index (χ1v) is 23.6. The third-order valence-corrected chi connectivity index (χ3v) is 17.2. The fourth-order valence-electron chi connectivity index (χ4n) is 7.77. The van der Waals surface area contributed by atoms with Crippen molar-refractivity contribution in [2.75, 3.05) is 49.5 Å². The zero-order valence-electron chi connectivity index (χ0n) is 33.0. The van der Waals surface area contributed by atoms with E-state index in [1.54, 1.807) is 0 Å². The lowest BCUT2D eigenvalue weighted by Gasteiger charge is -2.09. The van der Waals surface area contributed by atoms with Crippen molar-refractivity contribution in [1.29, 1.82) is 0 Å². The van der Waals surface area contributed by atoms with Crippen LogP contribution >= 0.6 is 90.4 Å². The van der Waals surface area contributed by atoms with Crippen LogP contribution in [0, 0.1) is 7.14 Å². The molecule has 0 aliphatic carbocycles. The standard InChI is InChI=1S/C48H38I4N8/c1-53-29-13-5-25(6-14-29)37-33-21-23-35(57-33)38(26-7-15-30(54-2)16-8-26)45-41(49)43(51)47(59-45)40(28-11-19-32(56-4)20-12-28)48-44(52)42(50)46(60-48)39(36-24-22-34(37)58-36)27-9-17-31(55-3)18-10-27/h5-24,53-57,60H,1-4H3. The maximum atomic E-state index is 5.68. The van der Waals surface area contributed by atoms with Gasteiger partial charge in [-0.3, -0.25) is 0 Å². The summed E-state index contributed by atoms with van der Waals surface area (Å²) in [6.45, 7) is 0. The van der Waals surface area contributed by atoms with E-state index in [4.69, 9.17) is 9.97 Å². The van der Waals surface area contributed by atoms with Crippen molar-refractivity contribution in [1.82, 2.24) is 19.9 Å². The Morgan fingerprint density at radius 3 is 1.18 bits per heavy atom. The molecule has 6 N–H and O–H groups in total. The van der Waals surface area contributed by atoms with Gasteiger partial charge in [-0.1, -0.05) is 48.5 Å². The fourth-order valence-corrected chi connectivity index (χ4v) is 10.4. The summed E-state index contributed by atoms with van der Waals surface area (Å²) in [5, 5.41) is 13.1. The predicted octanol–water partition coefficient (Wildman–Crippen LogP) is 14.2. The minimum Gasteiger partial charge on any atom is -0.388 e. The summed E-state index contributed by atoms with van der Waals surface area (Å²) in [6.07, 6.45) is 4.30. The largest absolute Gasteiger partial charge is 0.388 e. The van der Waals surface area contributed by atoms with E-state index in [0.717, 1.165) is 126 Å². The molecule has 7 aromatic rings. The lowest BCUT2D eigenvalue weighted by molar-refractivity contribution is 1.31. The first-order chi connectivity index (χ1) is 29.2. The van der Waals surface area contributed by atoms with E-state index in [9.17, 15) is 0 Å². The zero-order chi connectivity index (χ0) is 41.7. The molecule has 2 aliphatic rings. The minimum absolute atomic E-state index is 0.873. The highest BCUT2D eigenvalue weighted by molar-refractivity contribution is 14.1. The van der Waals surface area contributed by atoms with Crippen LogP contribution in [-0.4, -0.2) is 48.1 Å². The number of fused-ring (bicyclic) bond motifs is 8. The Bertz CT molecular complexity index is 3040. The molecule has 12 heteroatoms. The number of aromatic amines is 2. The number of hydrogen-bond acceptors (Lipinski definition) is 6. The molecule has 8 nitrogen and oxygen atoms in total. The maximum Gasteiger partial charge on any atom is 0.0882 e. The van der Waals surface area contributed by atoms with E-state index in [2.05, 4.69) is 243 Å². The topological polar surface area (TPSA) is 105 Å². The van der Waals surface area contributed by atoms with Crippen molar-refractivity contribution in [3.05, 3.63) is 139 Å². The summed E-state index contributed by atoms with van der Waals surface area (Å²) < 4.78 is 4.40. The normalized spacial score (nSPS) is 12.2. The summed E-state index contributed by atoms with van der Waals surface area (Å²) >= 11 is 10.0. The van der Waals surface area contributed by atoms with Gasteiger partial charge < -0.3 is 31.2 Å². The molecule has 0 amide bonds. The molecular weight excluding hydrogens is 1200 g/mol. The maximum absolute atomic E-state index is 5.68. The number of nitrogens with zero attached hydrogens (tertiary/aromatic N) is 2. The Morgan fingerprint density at radius 2 is 0.733 bits per heavy atom. The van der Waals surface area contributed by atoms with Crippen LogP contribution in [0.3, 0.4) is 0 Å². The first kappa shape index (κ1) is 41.0. The smallest absolute Gasteiger partial charge is 0.0882 e. The van der Waals surface area contributed by atoms with Crippen molar-refractivity contribution in [2.24, 2.45) is 0 Å². The van der Waals surface area contributed by atoms with E-state index in [-0.39, 0.29) is 0 Å². The zero-order valence-corrected chi connectivity index (χ0v) is 41.6.